The lowest BCUT2D eigenvalue weighted by atomic mass is 10.1. The maximum Gasteiger partial charge on any atom is 0.265 e. The summed E-state index contributed by atoms with van der Waals surface area (Å²) in [6.45, 7) is 5.16. The number of anilines is 1. The van der Waals surface area contributed by atoms with Crippen molar-refractivity contribution < 1.29 is 19.1 Å². The monoisotopic (exact) mass is 277 g/mol. The lowest BCUT2D eigenvalue weighted by Gasteiger charge is -2.30. The number of hydrogen-bond donors (Lipinski definition) is 0. The summed E-state index contributed by atoms with van der Waals surface area (Å²) < 4.78 is 11.1. The second kappa shape index (κ2) is 6.41. The lowest BCUT2D eigenvalue weighted by molar-refractivity contribution is -0.121. The van der Waals surface area contributed by atoms with Crippen molar-refractivity contribution >= 4 is 17.9 Å². The van der Waals surface area contributed by atoms with Gasteiger partial charge >= 0.3 is 0 Å². The summed E-state index contributed by atoms with van der Waals surface area (Å²) in [6, 6.07) is 3.33. The van der Waals surface area contributed by atoms with Gasteiger partial charge in [-0.2, -0.15) is 0 Å². The molecule has 0 N–H and O–H groups in total. The zero-order chi connectivity index (χ0) is 14.5. The first kappa shape index (κ1) is 14.4. The number of rotatable bonds is 6. The standard InChI is InChI=1S/C15H19NO4/c1-3-5-16-12-7-11(9-17)8-13(19-6-4-2)15(12)20-10-14(16)18/h7-9H,3-6,10H2,1-2H3. The molecule has 0 bridgehead atoms. The van der Waals surface area contributed by atoms with E-state index in [1.165, 1.54) is 0 Å². The molecule has 0 atom stereocenters. The Morgan fingerprint density at radius 3 is 2.80 bits per heavy atom. The van der Waals surface area contributed by atoms with Gasteiger partial charge in [-0.3, -0.25) is 9.59 Å². The maximum absolute atomic E-state index is 11.9. The summed E-state index contributed by atoms with van der Waals surface area (Å²) in [6.07, 6.45) is 2.45. The molecule has 1 aliphatic rings. The Kier molecular flexibility index (Phi) is 4.61. The van der Waals surface area contributed by atoms with Gasteiger partial charge in [-0.25, -0.2) is 0 Å². The van der Waals surface area contributed by atoms with E-state index in [-0.39, 0.29) is 12.5 Å². The molecular weight excluding hydrogens is 258 g/mol. The molecule has 1 aromatic carbocycles. The van der Waals surface area contributed by atoms with E-state index in [0.717, 1.165) is 19.1 Å². The molecular formula is C15H19NO4. The SMILES string of the molecule is CCCOc1cc(C=O)cc2c1OCC(=O)N2CCC. The van der Waals surface area contributed by atoms with Crippen molar-refractivity contribution in [3.8, 4) is 11.5 Å². The fraction of sp³-hybridized carbons (Fsp3) is 0.467. The summed E-state index contributed by atoms with van der Waals surface area (Å²) >= 11 is 0. The molecule has 0 unspecified atom stereocenters. The average Bonchev–Trinajstić information content (AvgIpc) is 2.47. The number of amides is 1. The molecule has 2 rings (SSSR count). The van der Waals surface area contributed by atoms with Crippen LogP contribution in [0.2, 0.25) is 0 Å². The van der Waals surface area contributed by atoms with Crippen LogP contribution in [0.1, 0.15) is 37.0 Å². The quantitative estimate of drug-likeness (QED) is 0.749. The number of benzene rings is 1. The molecule has 0 fully saturated rings. The zero-order valence-electron chi connectivity index (χ0n) is 11.8. The first-order valence-electron chi connectivity index (χ1n) is 6.90. The highest BCUT2D eigenvalue weighted by molar-refractivity contribution is 5.99. The Balaban J connectivity index is 2.46. The molecule has 0 aromatic heterocycles. The Morgan fingerprint density at radius 2 is 2.15 bits per heavy atom. The fourth-order valence-electron chi connectivity index (χ4n) is 2.16. The van der Waals surface area contributed by atoms with Crippen molar-refractivity contribution in [2.24, 2.45) is 0 Å². The van der Waals surface area contributed by atoms with E-state index < -0.39 is 0 Å². The number of hydrogen-bond acceptors (Lipinski definition) is 4. The minimum absolute atomic E-state index is 0.00984. The van der Waals surface area contributed by atoms with E-state index in [9.17, 15) is 9.59 Å². The second-order valence-electron chi connectivity index (χ2n) is 4.67. The van der Waals surface area contributed by atoms with Crippen molar-refractivity contribution in [1.82, 2.24) is 0 Å². The van der Waals surface area contributed by atoms with Crippen LogP contribution in [0.15, 0.2) is 12.1 Å². The van der Waals surface area contributed by atoms with Crippen LogP contribution in [-0.4, -0.2) is 32.0 Å². The third-order valence-electron chi connectivity index (χ3n) is 3.03. The summed E-state index contributed by atoms with van der Waals surface area (Å²) in [7, 11) is 0. The molecule has 20 heavy (non-hydrogen) atoms. The summed E-state index contributed by atoms with van der Waals surface area (Å²) in [5, 5.41) is 0. The minimum Gasteiger partial charge on any atom is -0.490 e. The van der Waals surface area contributed by atoms with E-state index >= 15 is 0 Å². The molecule has 5 heteroatoms. The molecule has 0 saturated carbocycles. The number of ether oxygens (including phenoxy) is 2. The maximum atomic E-state index is 11.9. The molecule has 1 amide bonds. The Morgan fingerprint density at radius 1 is 1.35 bits per heavy atom. The van der Waals surface area contributed by atoms with E-state index in [2.05, 4.69) is 0 Å². The van der Waals surface area contributed by atoms with E-state index in [1.54, 1.807) is 17.0 Å². The van der Waals surface area contributed by atoms with Gasteiger partial charge in [0.2, 0.25) is 0 Å². The molecule has 1 aliphatic heterocycles. The predicted molar refractivity (Wildman–Crippen MR) is 75.8 cm³/mol. The van der Waals surface area contributed by atoms with Crippen molar-refractivity contribution in [3.63, 3.8) is 0 Å². The summed E-state index contributed by atoms with van der Waals surface area (Å²) in [5.74, 6) is 0.987. The largest absolute Gasteiger partial charge is 0.490 e. The Labute approximate surface area is 118 Å². The number of fused-ring (bicyclic) bond motifs is 1. The van der Waals surface area contributed by atoms with Crippen LogP contribution in [0.25, 0.3) is 0 Å². The Hall–Kier alpha value is -2.04. The predicted octanol–water partition coefficient (Wildman–Crippen LogP) is 2.42. The average molecular weight is 277 g/mol. The molecule has 0 radical (unpaired) electrons. The van der Waals surface area contributed by atoms with Crippen molar-refractivity contribution in [2.45, 2.75) is 26.7 Å². The van der Waals surface area contributed by atoms with Crippen LogP contribution in [0, 0.1) is 0 Å². The summed E-state index contributed by atoms with van der Waals surface area (Å²) in [5.41, 5.74) is 1.10. The molecule has 0 aliphatic carbocycles. The van der Waals surface area contributed by atoms with Gasteiger partial charge in [0.15, 0.2) is 18.1 Å². The normalized spacial score (nSPS) is 13.7. The zero-order valence-corrected chi connectivity index (χ0v) is 11.8. The van der Waals surface area contributed by atoms with Gasteiger partial charge < -0.3 is 14.4 Å². The third kappa shape index (κ3) is 2.76. The van der Waals surface area contributed by atoms with Gasteiger partial charge in [-0.15, -0.1) is 0 Å². The first-order valence-corrected chi connectivity index (χ1v) is 6.90. The van der Waals surface area contributed by atoms with Gasteiger partial charge in [0, 0.05) is 12.1 Å². The number of carbonyl (C=O) groups excluding carboxylic acids is 2. The van der Waals surface area contributed by atoms with E-state index in [1.807, 2.05) is 13.8 Å². The van der Waals surface area contributed by atoms with Crippen LogP contribution < -0.4 is 14.4 Å². The Bertz CT molecular complexity index is 513. The third-order valence-corrected chi connectivity index (χ3v) is 3.03. The van der Waals surface area contributed by atoms with Crippen molar-refractivity contribution in [1.29, 1.82) is 0 Å². The highest BCUT2D eigenvalue weighted by atomic mass is 16.5. The molecule has 1 aromatic rings. The van der Waals surface area contributed by atoms with Crippen molar-refractivity contribution in [3.05, 3.63) is 17.7 Å². The van der Waals surface area contributed by atoms with Crippen LogP contribution in [0.3, 0.4) is 0 Å². The molecule has 5 nitrogen and oxygen atoms in total. The second-order valence-corrected chi connectivity index (χ2v) is 4.67. The van der Waals surface area contributed by atoms with Gasteiger partial charge in [0.05, 0.1) is 12.3 Å². The van der Waals surface area contributed by atoms with Crippen molar-refractivity contribution in [2.75, 3.05) is 24.7 Å². The number of nitrogens with zero attached hydrogens (tertiary/aromatic N) is 1. The highest BCUT2D eigenvalue weighted by Gasteiger charge is 2.28. The lowest BCUT2D eigenvalue weighted by Crippen LogP contribution is -2.39. The molecule has 0 saturated heterocycles. The van der Waals surface area contributed by atoms with Crippen LogP contribution in [-0.2, 0) is 4.79 Å². The summed E-state index contributed by atoms with van der Waals surface area (Å²) in [4.78, 5) is 24.7. The van der Waals surface area contributed by atoms with E-state index in [0.29, 0.717) is 35.9 Å². The molecule has 1 heterocycles. The van der Waals surface area contributed by atoms with Crippen LogP contribution >= 0.6 is 0 Å². The van der Waals surface area contributed by atoms with Crippen LogP contribution in [0.4, 0.5) is 5.69 Å². The van der Waals surface area contributed by atoms with Gasteiger partial charge in [-0.05, 0) is 25.0 Å². The van der Waals surface area contributed by atoms with Crippen LogP contribution in [0.5, 0.6) is 11.5 Å². The first-order chi connectivity index (χ1) is 9.71. The van der Waals surface area contributed by atoms with E-state index in [4.69, 9.17) is 9.47 Å². The smallest absolute Gasteiger partial charge is 0.265 e. The van der Waals surface area contributed by atoms with Gasteiger partial charge in [-0.1, -0.05) is 13.8 Å². The molecule has 0 spiro atoms. The van der Waals surface area contributed by atoms with Gasteiger partial charge in [0.25, 0.3) is 5.91 Å². The highest BCUT2D eigenvalue weighted by Crippen LogP contribution is 2.41. The number of aldehydes is 1. The van der Waals surface area contributed by atoms with Gasteiger partial charge in [0.1, 0.15) is 6.29 Å². The minimum atomic E-state index is -0.0937. The molecule has 108 valence electrons. The topological polar surface area (TPSA) is 55.8 Å². The fourth-order valence-corrected chi connectivity index (χ4v) is 2.16. The number of carbonyl (C=O) groups is 2.